The van der Waals surface area contributed by atoms with E-state index in [-0.39, 0.29) is 18.6 Å². The fourth-order valence-corrected chi connectivity index (χ4v) is 3.18. The second kappa shape index (κ2) is 7.08. The molecule has 2 aromatic rings. The normalized spacial score (nSPS) is 14.1. The molecule has 3 rings (SSSR count). The Hall–Kier alpha value is -2.29. The lowest BCUT2D eigenvalue weighted by Gasteiger charge is -2.16. The third-order valence-corrected chi connectivity index (χ3v) is 4.85. The van der Waals surface area contributed by atoms with Crippen molar-refractivity contribution in [3.8, 4) is 5.75 Å². The van der Waals surface area contributed by atoms with Gasteiger partial charge in [0.05, 0.1) is 6.04 Å². The molecule has 1 amide bonds. The molecule has 0 fully saturated rings. The molecule has 1 aliphatic carbocycles. The van der Waals surface area contributed by atoms with E-state index in [1.807, 2.05) is 32.0 Å². The minimum atomic E-state index is -0.0961. The summed E-state index contributed by atoms with van der Waals surface area (Å²) in [7, 11) is 0. The number of carbonyl (C=O) groups is 1. The van der Waals surface area contributed by atoms with Crippen LogP contribution in [0, 0.1) is 13.8 Å². The van der Waals surface area contributed by atoms with Crippen LogP contribution >= 0.6 is 0 Å². The molecule has 24 heavy (non-hydrogen) atoms. The van der Waals surface area contributed by atoms with Crippen molar-refractivity contribution in [2.75, 3.05) is 6.61 Å². The van der Waals surface area contributed by atoms with Crippen molar-refractivity contribution in [1.29, 1.82) is 0 Å². The van der Waals surface area contributed by atoms with Crippen LogP contribution in [0.5, 0.6) is 5.75 Å². The predicted octanol–water partition coefficient (Wildman–Crippen LogP) is 4.05. The van der Waals surface area contributed by atoms with E-state index in [1.54, 1.807) is 0 Å². The third kappa shape index (κ3) is 3.78. The number of hydrogen-bond donors (Lipinski definition) is 1. The molecule has 0 radical (unpaired) electrons. The molecule has 1 atom stereocenters. The molecule has 0 aromatic heterocycles. The first kappa shape index (κ1) is 16.6. The summed E-state index contributed by atoms with van der Waals surface area (Å²) in [6, 6.07) is 12.4. The highest BCUT2D eigenvalue weighted by Crippen LogP contribution is 2.25. The van der Waals surface area contributed by atoms with Crippen molar-refractivity contribution in [1.82, 2.24) is 5.32 Å². The molecule has 3 heteroatoms. The Morgan fingerprint density at radius 1 is 1.08 bits per heavy atom. The number of aryl methyl sites for hydroxylation is 4. The monoisotopic (exact) mass is 323 g/mol. The van der Waals surface area contributed by atoms with E-state index in [1.165, 1.54) is 35.1 Å². The zero-order valence-corrected chi connectivity index (χ0v) is 14.7. The molecule has 1 N–H and O–H groups in total. The summed E-state index contributed by atoms with van der Waals surface area (Å²) in [6.07, 6.45) is 3.57. The van der Waals surface area contributed by atoms with Gasteiger partial charge in [-0.3, -0.25) is 4.79 Å². The minimum Gasteiger partial charge on any atom is -0.484 e. The van der Waals surface area contributed by atoms with Crippen LogP contribution in [0.1, 0.15) is 47.2 Å². The van der Waals surface area contributed by atoms with Crippen molar-refractivity contribution in [2.24, 2.45) is 0 Å². The Labute approximate surface area is 144 Å². The van der Waals surface area contributed by atoms with Gasteiger partial charge in [0.15, 0.2) is 6.61 Å². The van der Waals surface area contributed by atoms with Crippen molar-refractivity contribution in [3.05, 3.63) is 64.2 Å². The van der Waals surface area contributed by atoms with E-state index >= 15 is 0 Å². The van der Waals surface area contributed by atoms with Crippen molar-refractivity contribution in [3.63, 3.8) is 0 Å². The van der Waals surface area contributed by atoms with Gasteiger partial charge in [0.2, 0.25) is 0 Å². The van der Waals surface area contributed by atoms with Gasteiger partial charge in [-0.25, -0.2) is 0 Å². The highest BCUT2D eigenvalue weighted by Gasteiger charge is 2.15. The smallest absolute Gasteiger partial charge is 0.258 e. The highest BCUT2D eigenvalue weighted by molar-refractivity contribution is 5.78. The summed E-state index contributed by atoms with van der Waals surface area (Å²) in [5.74, 6) is 0.639. The molecule has 2 aromatic carbocycles. The van der Waals surface area contributed by atoms with Crippen LogP contribution < -0.4 is 10.1 Å². The maximum atomic E-state index is 12.1. The Balaban J connectivity index is 1.55. The molecular formula is C21H25NO2. The van der Waals surface area contributed by atoms with Gasteiger partial charge in [-0.1, -0.05) is 24.3 Å². The van der Waals surface area contributed by atoms with Gasteiger partial charge in [-0.05, 0) is 80.0 Å². The zero-order valence-electron chi connectivity index (χ0n) is 14.7. The van der Waals surface area contributed by atoms with Gasteiger partial charge in [0.25, 0.3) is 5.91 Å². The predicted molar refractivity (Wildman–Crippen MR) is 96.4 cm³/mol. The molecule has 0 bridgehead atoms. The van der Waals surface area contributed by atoms with E-state index in [0.29, 0.717) is 0 Å². The van der Waals surface area contributed by atoms with Crippen LogP contribution in [-0.2, 0) is 17.6 Å². The lowest BCUT2D eigenvalue weighted by atomic mass is 10.0. The second-order valence-corrected chi connectivity index (χ2v) is 6.71. The number of nitrogens with one attached hydrogen (secondary N) is 1. The summed E-state index contributed by atoms with van der Waals surface area (Å²) in [5, 5.41) is 3.02. The molecule has 0 heterocycles. The Kier molecular flexibility index (Phi) is 4.89. The average molecular weight is 323 g/mol. The Bertz CT molecular complexity index is 751. The fraction of sp³-hybridized carbons (Fsp3) is 0.381. The third-order valence-electron chi connectivity index (χ3n) is 4.85. The van der Waals surface area contributed by atoms with Gasteiger partial charge in [-0.2, -0.15) is 0 Å². The van der Waals surface area contributed by atoms with E-state index < -0.39 is 0 Å². The zero-order chi connectivity index (χ0) is 17.1. The number of fused-ring (bicyclic) bond motifs is 1. The van der Waals surface area contributed by atoms with E-state index in [2.05, 4.69) is 30.4 Å². The van der Waals surface area contributed by atoms with Gasteiger partial charge in [-0.15, -0.1) is 0 Å². The lowest BCUT2D eigenvalue weighted by Crippen LogP contribution is -2.31. The topological polar surface area (TPSA) is 38.3 Å². The highest BCUT2D eigenvalue weighted by atomic mass is 16.5. The fourth-order valence-electron chi connectivity index (χ4n) is 3.18. The quantitative estimate of drug-likeness (QED) is 0.901. The summed E-state index contributed by atoms with van der Waals surface area (Å²) < 4.78 is 5.60. The van der Waals surface area contributed by atoms with Gasteiger partial charge in [0, 0.05) is 0 Å². The molecule has 0 saturated heterocycles. The summed E-state index contributed by atoms with van der Waals surface area (Å²) >= 11 is 0. The molecule has 126 valence electrons. The van der Waals surface area contributed by atoms with Crippen LogP contribution in [0.4, 0.5) is 0 Å². The lowest BCUT2D eigenvalue weighted by molar-refractivity contribution is -0.123. The van der Waals surface area contributed by atoms with Gasteiger partial charge in [0.1, 0.15) is 5.75 Å². The first-order valence-corrected chi connectivity index (χ1v) is 8.64. The van der Waals surface area contributed by atoms with E-state index in [4.69, 9.17) is 4.74 Å². The number of hydrogen-bond acceptors (Lipinski definition) is 2. The first-order valence-electron chi connectivity index (χ1n) is 8.64. The van der Waals surface area contributed by atoms with Crippen LogP contribution in [0.2, 0.25) is 0 Å². The number of ether oxygens (including phenoxy) is 1. The number of rotatable bonds is 5. The molecule has 0 unspecified atom stereocenters. The average Bonchev–Trinajstić information content (AvgIpc) is 3.03. The minimum absolute atomic E-state index is 0.00764. The standard InChI is InChI=1S/C21H25NO2/c1-14-7-10-20(11-15(14)2)24-13-21(23)22-16(3)18-9-8-17-5-4-6-19(17)12-18/h7-12,16H,4-6,13H2,1-3H3,(H,22,23)/t16-/m1/s1. The second-order valence-electron chi connectivity index (χ2n) is 6.71. The SMILES string of the molecule is Cc1ccc(OCC(=O)N[C@H](C)c2ccc3c(c2)CCC3)cc1C. The molecule has 3 nitrogen and oxygen atoms in total. The maximum Gasteiger partial charge on any atom is 0.258 e. The number of amides is 1. The summed E-state index contributed by atoms with van der Waals surface area (Å²) in [5.41, 5.74) is 6.43. The van der Waals surface area contributed by atoms with Crippen LogP contribution in [0.25, 0.3) is 0 Å². The van der Waals surface area contributed by atoms with Crippen molar-refractivity contribution < 1.29 is 9.53 Å². The molecule has 0 aliphatic heterocycles. The Morgan fingerprint density at radius 2 is 1.88 bits per heavy atom. The molecular weight excluding hydrogens is 298 g/mol. The maximum absolute atomic E-state index is 12.1. The Morgan fingerprint density at radius 3 is 2.67 bits per heavy atom. The summed E-state index contributed by atoms with van der Waals surface area (Å²) in [4.78, 5) is 12.1. The van der Waals surface area contributed by atoms with E-state index in [9.17, 15) is 4.79 Å². The van der Waals surface area contributed by atoms with Crippen molar-refractivity contribution in [2.45, 2.75) is 46.1 Å². The van der Waals surface area contributed by atoms with E-state index in [0.717, 1.165) is 17.7 Å². The summed E-state index contributed by atoms with van der Waals surface area (Å²) in [6.45, 7) is 6.16. The number of benzene rings is 2. The molecule has 0 saturated carbocycles. The first-order chi connectivity index (χ1) is 11.5. The van der Waals surface area contributed by atoms with Crippen molar-refractivity contribution >= 4 is 5.91 Å². The number of carbonyl (C=O) groups excluding carboxylic acids is 1. The van der Waals surface area contributed by atoms with Gasteiger partial charge >= 0.3 is 0 Å². The molecule has 0 spiro atoms. The van der Waals surface area contributed by atoms with Crippen LogP contribution in [0.3, 0.4) is 0 Å². The van der Waals surface area contributed by atoms with Crippen LogP contribution in [-0.4, -0.2) is 12.5 Å². The van der Waals surface area contributed by atoms with Gasteiger partial charge < -0.3 is 10.1 Å². The molecule has 1 aliphatic rings. The largest absolute Gasteiger partial charge is 0.484 e. The van der Waals surface area contributed by atoms with Crippen LogP contribution in [0.15, 0.2) is 36.4 Å².